The third kappa shape index (κ3) is 0.806. The maximum Gasteiger partial charge on any atom is 0.231 e. The Morgan fingerprint density at radius 2 is 2.71 bits per heavy atom. The molecule has 1 radical (unpaired) electrons. The van der Waals surface area contributed by atoms with Crippen LogP contribution in [0.3, 0.4) is 0 Å². The lowest BCUT2D eigenvalue weighted by atomic mass is 11.2. The summed E-state index contributed by atoms with van der Waals surface area (Å²) in [6, 6.07) is 0. The van der Waals surface area contributed by atoms with Crippen LogP contribution >= 0.6 is 11.3 Å². The van der Waals surface area contributed by atoms with Crippen molar-refractivity contribution in [1.29, 1.82) is 0 Å². The summed E-state index contributed by atoms with van der Waals surface area (Å²) in [4.78, 5) is 3.28. The molecule has 0 N–H and O–H groups in total. The number of aromatic nitrogens is 2. The van der Waals surface area contributed by atoms with Gasteiger partial charge in [0.25, 0.3) is 0 Å². The Bertz CT molecular complexity index is 145. The molecule has 0 saturated heterocycles. The van der Waals surface area contributed by atoms with Crippen molar-refractivity contribution >= 4 is 23.2 Å². The SMILES string of the molecule is [CH]=Nc1nncs1. The van der Waals surface area contributed by atoms with Gasteiger partial charge < -0.3 is 0 Å². The Kier molecular flexibility index (Phi) is 1.12. The van der Waals surface area contributed by atoms with Crippen LogP contribution < -0.4 is 0 Å². The molecular formula is C3H2N3S. The second-order valence-electron chi connectivity index (χ2n) is 0.850. The number of nitrogens with zero attached hydrogens (tertiary/aromatic N) is 3. The maximum atomic E-state index is 4.83. The predicted molar refractivity (Wildman–Crippen MR) is 28.1 cm³/mol. The van der Waals surface area contributed by atoms with E-state index in [4.69, 9.17) is 6.72 Å². The highest BCUT2D eigenvalue weighted by atomic mass is 32.1. The van der Waals surface area contributed by atoms with Crippen LogP contribution in [0.4, 0.5) is 5.13 Å². The van der Waals surface area contributed by atoms with Crippen LogP contribution in [0, 0.1) is 0 Å². The molecule has 0 aliphatic heterocycles. The van der Waals surface area contributed by atoms with E-state index >= 15 is 0 Å². The van der Waals surface area contributed by atoms with E-state index in [1.54, 1.807) is 5.51 Å². The smallest absolute Gasteiger partial charge is 0.225 e. The Morgan fingerprint density at radius 3 is 3.00 bits per heavy atom. The van der Waals surface area contributed by atoms with Crippen molar-refractivity contribution in [2.75, 3.05) is 0 Å². The van der Waals surface area contributed by atoms with Gasteiger partial charge in [-0.1, -0.05) is 11.3 Å². The average Bonchev–Trinajstić information content (AvgIpc) is 2.14. The normalized spacial score (nSPS) is 8.57. The lowest BCUT2D eigenvalue weighted by Gasteiger charge is -1.67. The Labute approximate surface area is 44.7 Å². The van der Waals surface area contributed by atoms with Gasteiger partial charge in [0.05, 0.1) is 0 Å². The van der Waals surface area contributed by atoms with Gasteiger partial charge in [-0.3, -0.25) is 0 Å². The summed E-state index contributed by atoms with van der Waals surface area (Å²) in [6.07, 6.45) is 0. The number of hydrogen-bond acceptors (Lipinski definition) is 4. The van der Waals surface area contributed by atoms with E-state index in [1.807, 2.05) is 0 Å². The average molecular weight is 112 g/mol. The summed E-state index contributed by atoms with van der Waals surface area (Å²) in [6.45, 7) is 4.83. The van der Waals surface area contributed by atoms with E-state index in [1.165, 1.54) is 11.3 Å². The topological polar surface area (TPSA) is 38.1 Å². The van der Waals surface area contributed by atoms with Crippen LogP contribution in [0.15, 0.2) is 10.5 Å². The van der Waals surface area contributed by atoms with E-state index in [0.29, 0.717) is 5.13 Å². The fourth-order valence-electron chi connectivity index (χ4n) is 0.223. The highest BCUT2D eigenvalue weighted by Gasteiger charge is 1.84. The highest BCUT2D eigenvalue weighted by Crippen LogP contribution is 2.09. The summed E-state index contributed by atoms with van der Waals surface area (Å²) >= 11 is 1.31. The van der Waals surface area contributed by atoms with Gasteiger partial charge in [-0.05, 0) is 0 Å². The van der Waals surface area contributed by atoms with Crippen molar-refractivity contribution < 1.29 is 0 Å². The first kappa shape index (κ1) is 4.39. The summed E-state index contributed by atoms with van der Waals surface area (Å²) in [5, 5.41) is 7.51. The molecule has 1 aromatic rings. The molecule has 0 aromatic carbocycles. The van der Waals surface area contributed by atoms with Crippen LogP contribution in [0.1, 0.15) is 0 Å². The standard InChI is InChI=1S/C3H2N3S/c1-4-3-6-5-2-7-3/h1-2H. The van der Waals surface area contributed by atoms with Gasteiger partial charge >= 0.3 is 0 Å². The van der Waals surface area contributed by atoms with E-state index in [-0.39, 0.29) is 0 Å². The lowest BCUT2D eigenvalue weighted by molar-refractivity contribution is 1.08. The monoisotopic (exact) mass is 112 g/mol. The van der Waals surface area contributed by atoms with Gasteiger partial charge in [-0.15, -0.1) is 10.2 Å². The van der Waals surface area contributed by atoms with Crippen molar-refractivity contribution in [3.05, 3.63) is 5.51 Å². The molecule has 0 aliphatic carbocycles. The molecule has 1 heterocycles. The van der Waals surface area contributed by atoms with Crippen LogP contribution in [0.5, 0.6) is 0 Å². The van der Waals surface area contributed by atoms with E-state index in [9.17, 15) is 0 Å². The molecular weight excluding hydrogens is 110 g/mol. The Hall–Kier alpha value is -0.770. The molecule has 0 saturated carbocycles. The third-order valence-electron chi connectivity index (χ3n) is 0.459. The zero-order valence-electron chi connectivity index (χ0n) is 3.40. The zero-order chi connectivity index (χ0) is 5.11. The maximum absolute atomic E-state index is 4.83. The van der Waals surface area contributed by atoms with E-state index in [0.717, 1.165) is 0 Å². The first-order chi connectivity index (χ1) is 3.43. The summed E-state index contributed by atoms with van der Waals surface area (Å²) in [5.41, 5.74) is 1.58. The van der Waals surface area contributed by atoms with E-state index < -0.39 is 0 Å². The molecule has 3 nitrogen and oxygen atoms in total. The molecule has 0 bridgehead atoms. The molecule has 0 fully saturated rings. The second-order valence-corrected chi connectivity index (χ2v) is 1.66. The lowest BCUT2D eigenvalue weighted by Crippen LogP contribution is -1.59. The molecule has 0 aliphatic rings. The van der Waals surface area contributed by atoms with Gasteiger partial charge in [0.1, 0.15) is 5.51 Å². The minimum atomic E-state index is 0.514. The van der Waals surface area contributed by atoms with Gasteiger partial charge in [0.2, 0.25) is 5.13 Å². The summed E-state index contributed by atoms with van der Waals surface area (Å²) < 4.78 is 0. The van der Waals surface area contributed by atoms with Crippen LogP contribution in [-0.2, 0) is 0 Å². The van der Waals surface area contributed by atoms with Crippen LogP contribution in [0.25, 0.3) is 0 Å². The summed E-state index contributed by atoms with van der Waals surface area (Å²) in [7, 11) is 0. The molecule has 1 aromatic heterocycles. The molecule has 0 atom stereocenters. The van der Waals surface area contributed by atoms with Gasteiger partial charge in [0.15, 0.2) is 0 Å². The van der Waals surface area contributed by atoms with Crippen molar-refractivity contribution in [1.82, 2.24) is 10.2 Å². The molecule has 7 heavy (non-hydrogen) atoms. The largest absolute Gasteiger partial charge is 0.231 e. The number of aliphatic imine (C=N–C) groups is 1. The quantitative estimate of drug-likeness (QED) is 0.503. The minimum absolute atomic E-state index is 0.514. The van der Waals surface area contributed by atoms with E-state index in [2.05, 4.69) is 15.2 Å². The minimum Gasteiger partial charge on any atom is -0.225 e. The number of hydrogen-bond donors (Lipinski definition) is 0. The molecule has 0 amide bonds. The molecule has 0 unspecified atom stereocenters. The molecule has 4 heteroatoms. The predicted octanol–water partition coefficient (Wildman–Crippen LogP) is 0.747. The molecule has 35 valence electrons. The van der Waals surface area contributed by atoms with Crippen molar-refractivity contribution in [2.45, 2.75) is 0 Å². The Balaban J connectivity index is 2.96. The number of rotatable bonds is 1. The van der Waals surface area contributed by atoms with Crippen molar-refractivity contribution in [3.8, 4) is 0 Å². The zero-order valence-corrected chi connectivity index (χ0v) is 4.22. The van der Waals surface area contributed by atoms with Crippen LogP contribution in [-0.4, -0.2) is 16.9 Å². The fraction of sp³-hybridized carbons (Fsp3) is 0. The fourth-order valence-corrected chi connectivity index (χ4v) is 0.567. The van der Waals surface area contributed by atoms with Gasteiger partial charge in [-0.2, -0.15) is 0 Å². The van der Waals surface area contributed by atoms with Gasteiger partial charge in [0, 0.05) is 6.72 Å². The molecule has 0 spiro atoms. The van der Waals surface area contributed by atoms with Crippen molar-refractivity contribution in [3.63, 3.8) is 0 Å². The second kappa shape index (κ2) is 1.79. The first-order valence-electron chi connectivity index (χ1n) is 1.60. The third-order valence-corrected chi connectivity index (χ3v) is 1.06. The first-order valence-corrected chi connectivity index (χ1v) is 2.48. The highest BCUT2D eigenvalue weighted by molar-refractivity contribution is 7.13. The van der Waals surface area contributed by atoms with Crippen LogP contribution in [0.2, 0.25) is 0 Å². The molecule has 1 rings (SSSR count). The summed E-state index contributed by atoms with van der Waals surface area (Å²) in [5.74, 6) is 0. The van der Waals surface area contributed by atoms with Gasteiger partial charge in [-0.25, -0.2) is 4.99 Å². The van der Waals surface area contributed by atoms with Crippen molar-refractivity contribution in [2.24, 2.45) is 4.99 Å². The Morgan fingerprint density at radius 1 is 1.86 bits per heavy atom.